The van der Waals surface area contributed by atoms with Crippen LogP contribution in [0.4, 0.5) is 0 Å². The van der Waals surface area contributed by atoms with Gasteiger partial charge in [-0.15, -0.1) is 0 Å². The van der Waals surface area contributed by atoms with Crippen LogP contribution in [0.15, 0.2) is 48.5 Å². The first-order valence-corrected chi connectivity index (χ1v) is 11.1. The van der Waals surface area contributed by atoms with Crippen LogP contribution in [0.1, 0.15) is 29.3 Å². The third-order valence-corrected chi connectivity index (χ3v) is 6.58. The second kappa shape index (κ2) is 8.65. The second-order valence-corrected chi connectivity index (χ2v) is 9.02. The van der Waals surface area contributed by atoms with E-state index in [1.807, 2.05) is 31.2 Å². The van der Waals surface area contributed by atoms with Gasteiger partial charge in [-0.25, -0.2) is 8.42 Å². The molecular formula is C21H25NO5S. The molecule has 150 valence electrons. The minimum absolute atomic E-state index is 0.00588. The molecule has 1 heterocycles. The van der Waals surface area contributed by atoms with Crippen molar-refractivity contribution in [2.45, 2.75) is 25.9 Å². The van der Waals surface area contributed by atoms with Gasteiger partial charge in [-0.3, -0.25) is 4.79 Å². The molecule has 2 aromatic rings. The molecule has 0 saturated carbocycles. The maximum atomic E-state index is 13.2. The van der Waals surface area contributed by atoms with Crippen molar-refractivity contribution < 1.29 is 22.7 Å². The molecule has 2 aromatic carbocycles. The van der Waals surface area contributed by atoms with Crippen LogP contribution >= 0.6 is 0 Å². The van der Waals surface area contributed by atoms with E-state index in [0.717, 1.165) is 11.3 Å². The van der Waals surface area contributed by atoms with Gasteiger partial charge >= 0.3 is 0 Å². The summed E-state index contributed by atoms with van der Waals surface area (Å²) >= 11 is 0. The van der Waals surface area contributed by atoms with Crippen molar-refractivity contribution in [1.82, 2.24) is 4.90 Å². The minimum atomic E-state index is -3.11. The van der Waals surface area contributed by atoms with E-state index in [1.165, 1.54) is 0 Å². The predicted molar refractivity (Wildman–Crippen MR) is 108 cm³/mol. The second-order valence-electron chi connectivity index (χ2n) is 6.80. The normalized spacial score (nSPS) is 17.9. The Morgan fingerprint density at radius 2 is 1.71 bits per heavy atom. The molecular weight excluding hydrogens is 378 g/mol. The summed E-state index contributed by atoms with van der Waals surface area (Å²) in [6.07, 6.45) is 0.460. The quantitative estimate of drug-likeness (QED) is 0.711. The van der Waals surface area contributed by atoms with E-state index >= 15 is 0 Å². The molecule has 1 aliphatic heterocycles. The van der Waals surface area contributed by atoms with Crippen molar-refractivity contribution in [2.75, 3.05) is 25.2 Å². The molecule has 1 atom stereocenters. The fourth-order valence-electron chi connectivity index (χ4n) is 3.34. The maximum Gasteiger partial charge on any atom is 0.254 e. The van der Waals surface area contributed by atoms with Gasteiger partial charge in [-0.1, -0.05) is 12.1 Å². The fraction of sp³-hybridized carbons (Fsp3) is 0.381. The van der Waals surface area contributed by atoms with Crippen LogP contribution in [0, 0.1) is 0 Å². The molecule has 1 unspecified atom stereocenters. The van der Waals surface area contributed by atoms with Gasteiger partial charge < -0.3 is 14.4 Å². The first kappa shape index (κ1) is 20.2. The van der Waals surface area contributed by atoms with Crippen molar-refractivity contribution in [3.8, 4) is 11.5 Å². The smallest absolute Gasteiger partial charge is 0.254 e. The summed E-state index contributed by atoms with van der Waals surface area (Å²) in [7, 11) is -1.54. The van der Waals surface area contributed by atoms with Gasteiger partial charge in [0.15, 0.2) is 9.84 Å². The fourth-order valence-corrected chi connectivity index (χ4v) is 5.07. The molecule has 1 aliphatic rings. The average Bonchev–Trinajstić information content (AvgIpc) is 3.06. The predicted octanol–water partition coefficient (Wildman–Crippen LogP) is 2.92. The van der Waals surface area contributed by atoms with Crippen LogP contribution in [-0.4, -0.2) is 50.5 Å². The van der Waals surface area contributed by atoms with Gasteiger partial charge in [-0.2, -0.15) is 0 Å². The van der Waals surface area contributed by atoms with E-state index < -0.39 is 9.84 Å². The molecule has 6 nitrogen and oxygen atoms in total. The molecule has 1 saturated heterocycles. The number of amides is 1. The molecule has 28 heavy (non-hydrogen) atoms. The van der Waals surface area contributed by atoms with E-state index in [2.05, 4.69) is 0 Å². The van der Waals surface area contributed by atoms with Gasteiger partial charge in [0.1, 0.15) is 11.5 Å². The van der Waals surface area contributed by atoms with Gasteiger partial charge in [0.25, 0.3) is 5.91 Å². The highest BCUT2D eigenvalue weighted by atomic mass is 32.2. The maximum absolute atomic E-state index is 13.2. The van der Waals surface area contributed by atoms with Crippen molar-refractivity contribution in [2.24, 2.45) is 0 Å². The molecule has 0 N–H and O–H groups in total. The average molecular weight is 404 g/mol. The van der Waals surface area contributed by atoms with Gasteiger partial charge in [-0.05, 0) is 55.3 Å². The molecule has 1 fully saturated rings. The number of hydrogen-bond acceptors (Lipinski definition) is 5. The zero-order chi connectivity index (χ0) is 20.1. The number of methoxy groups -OCH3 is 1. The van der Waals surface area contributed by atoms with Crippen molar-refractivity contribution in [3.05, 3.63) is 59.7 Å². The van der Waals surface area contributed by atoms with E-state index in [9.17, 15) is 13.2 Å². The highest BCUT2D eigenvalue weighted by molar-refractivity contribution is 7.91. The number of hydrogen-bond donors (Lipinski definition) is 0. The van der Waals surface area contributed by atoms with Gasteiger partial charge in [0.05, 0.1) is 25.2 Å². The lowest BCUT2D eigenvalue weighted by molar-refractivity contribution is 0.0681. The Morgan fingerprint density at radius 3 is 2.25 bits per heavy atom. The number of sulfone groups is 1. The van der Waals surface area contributed by atoms with Crippen LogP contribution in [0.2, 0.25) is 0 Å². The van der Waals surface area contributed by atoms with Crippen molar-refractivity contribution >= 4 is 15.7 Å². The Bertz CT molecular complexity index is 907. The Morgan fingerprint density at radius 1 is 1.07 bits per heavy atom. The molecule has 0 aliphatic carbocycles. The highest BCUT2D eigenvalue weighted by Gasteiger charge is 2.35. The van der Waals surface area contributed by atoms with E-state index in [1.54, 1.807) is 36.3 Å². The van der Waals surface area contributed by atoms with E-state index in [4.69, 9.17) is 9.47 Å². The Balaban J connectivity index is 1.84. The van der Waals surface area contributed by atoms with Gasteiger partial charge in [0, 0.05) is 18.2 Å². The lowest BCUT2D eigenvalue weighted by Gasteiger charge is -2.28. The number of carbonyl (C=O) groups is 1. The minimum Gasteiger partial charge on any atom is -0.497 e. The van der Waals surface area contributed by atoms with E-state index in [-0.39, 0.29) is 23.5 Å². The summed E-state index contributed by atoms with van der Waals surface area (Å²) in [6, 6.07) is 14.1. The number of benzene rings is 2. The number of nitrogens with zero attached hydrogens (tertiary/aromatic N) is 1. The highest BCUT2D eigenvalue weighted by Crippen LogP contribution is 2.24. The lowest BCUT2D eigenvalue weighted by Crippen LogP contribution is -2.40. The Hall–Kier alpha value is -2.54. The standard InChI is InChI=1S/C21H25NO5S/c1-3-27-20-8-4-16(5-9-20)14-22(18-12-13-28(24,25)15-18)21(23)17-6-10-19(26-2)11-7-17/h4-11,18H,3,12-15H2,1-2H3. The van der Waals surface area contributed by atoms with Gasteiger partial charge in [0.2, 0.25) is 0 Å². The summed E-state index contributed by atoms with van der Waals surface area (Å²) in [6.45, 7) is 2.85. The van der Waals surface area contributed by atoms with E-state index in [0.29, 0.717) is 30.9 Å². The Labute approximate surface area is 166 Å². The van der Waals surface area contributed by atoms with Crippen LogP contribution in [-0.2, 0) is 16.4 Å². The van der Waals surface area contributed by atoms with Crippen LogP contribution in [0.5, 0.6) is 11.5 Å². The molecule has 3 rings (SSSR count). The summed E-state index contributed by atoms with van der Waals surface area (Å²) in [5.41, 5.74) is 1.44. The first-order chi connectivity index (χ1) is 13.4. The molecule has 0 radical (unpaired) electrons. The topological polar surface area (TPSA) is 72.9 Å². The van der Waals surface area contributed by atoms with Crippen molar-refractivity contribution in [1.29, 1.82) is 0 Å². The Kier molecular flexibility index (Phi) is 6.24. The van der Waals surface area contributed by atoms with Crippen LogP contribution < -0.4 is 9.47 Å². The molecule has 1 amide bonds. The SMILES string of the molecule is CCOc1ccc(CN(C(=O)c2ccc(OC)cc2)C2CCS(=O)(=O)C2)cc1. The third kappa shape index (κ3) is 4.84. The molecule has 0 aromatic heterocycles. The molecule has 7 heteroatoms. The molecule has 0 spiro atoms. The summed E-state index contributed by atoms with van der Waals surface area (Å²) in [5, 5.41) is 0. The number of rotatable bonds is 7. The largest absolute Gasteiger partial charge is 0.497 e. The number of ether oxygens (including phenoxy) is 2. The van der Waals surface area contributed by atoms with Crippen molar-refractivity contribution in [3.63, 3.8) is 0 Å². The monoisotopic (exact) mass is 403 g/mol. The third-order valence-electron chi connectivity index (χ3n) is 4.83. The summed E-state index contributed by atoms with van der Waals surface area (Å²) < 4.78 is 34.6. The zero-order valence-corrected chi connectivity index (χ0v) is 16.9. The van der Waals surface area contributed by atoms with Crippen LogP contribution in [0.3, 0.4) is 0 Å². The first-order valence-electron chi connectivity index (χ1n) is 9.29. The summed E-state index contributed by atoms with van der Waals surface area (Å²) in [5.74, 6) is 1.37. The lowest BCUT2D eigenvalue weighted by atomic mass is 10.1. The molecule has 0 bridgehead atoms. The zero-order valence-electron chi connectivity index (χ0n) is 16.1. The van der Waals surface area contributed by atoms with Crippen LogP contribution in [0.25, 0.3) is 0 Å². The summed E-state index contributed by atoms with van der Waals surface area (Å²) in [4.78, 5) is 14.9. The number of carbonyl (C=O) groups excluding carboxylic acids is 1.